The molecule has 0 bridgehead atoms. The standard InChI is InChI=1S/C17H25N/c1-2-13-8-9-16-15(10-13)11-18-12-17(16)14-6-4-3-5-7-14/h8-10,14,17-18H,2-7,11-12H2,1H3. The highest BCUT2D eigenvalue weighted by Gasteiger charge is 2.28. The van der Waals surface area contributed by atoms with Crippen molar-refractivity contribution in [1.82, 2.24) is 5.32 Å². The molecule has 1 heterocycles. The van der Waals surface area contributed by atoms with Crippen LogP contribution in [-0.2, 0) is 13.0 Å². The second-order valence-electron chi connectivity index (χ2n) is 6.02. The molecule has 0 amide bonds. The van der Waals surface area contributed by atoms with Crippen LogP contribution in [-0.4, -0.2) is 6.54 Å². The van der Waals surface area contributed by atoms with E-state index in [1.807, 2.05) is 0 Å². The summed E-state index contributed by atoms with van der Waals surface area (Å²) in [6.45, 7) is 4.52. The highest BCUT2D eigenvalue weighted by Crippen LogP contribution is 2.38. The minimum atomic E-state index is 0.778. The van der Waals surface area contributed by atoms with Crippen LogP contribution in [0.1, 0.15) is 61.6 Å². The molecule has 1 aromatic carbocycles. The van der Waals surface area contributed by atoms with Crippen molar-refractivity contribution >= 4 is 0 Å². The first-order valence-corrected chi connectivity index (χ1v) is 7.71. The Kier molecular flexibility index (Phi) is 3.69. The molecule has 1 atom stereocenters. The molecular formula is C17H25N. The number of nitrogens with one attached hydrogen (secondary N) is 1. The number of rotatable bonds is 2. The topological polar surface area (TPSA) is 12.0 Å². The number of fused-ring (bicyclic) bond motifs is 1. The molecule has 1 N–H and O–H groups in total. The van der Waals surface area contributed by atoms with E-state index in [0.29, 0.717) is 0 Å². The van der Waals surface area contributed by atoms with Gasteiger partial charge in [-0.15, -0.1) is 0 Å². The zero-order valence-electron chi connectivity index (χ0n) is 11.5. The SMILES string of the molecule is CCc1ccc2c(c1)CNCC2C1CCCCC1. The van der Waals surface area contributed by atoms with E-state index < -0.39 is 0 Å². The zero-order valence-corrected chi connectivity index (χ0v) is 11.5. The highest BCUT2D eigenvalue weighted by atomic mass is 14.9. The van der Waals surface area contributed by atoms with Crippen molar-refractivity contribution in [3.63, 3.8) is 0 Å². The fraction of sp³-hybridized carbons (Fsp3) is 0.647. The molecular weight excluding hydrogens is 218 g/mol. The van der Waals surface area contributed by atoms with Crippen LogP contribution in [0.15, 0.2) is 18.2 Å². The molecule has 0 radical (unpaired) electrons. The molecule has 0 aromatic heterocycles. The van der Waals surface area contributed by atoms with Gasteiger partial charge in [0.2, 0.25) is 0 Å². The Labute approximate surface area is 111 Å². The molecule has 1 heteroatoms. The molecule has 1 aliphatic carbocycles. The fourth-order valence-electron chi connectivity index (χ4n) is 3.82. The molecule has 98 valence electrons. The molecule has 1 fully saturated rings. The normalized spacial score (nSPS) is 24.8. The van der Waals surface area contributed by atoms with Crippen molar-refractivity contribution in [2.75, 3.05) is 6.54 Å². The summed E-state index contributed by atoms with van der Waals surface area (Å²) >= 11 is 0. The van der Waals surface area contributed by atoms with Gasteiger partial charge in [0.1, 0.15) is 0 Å². The summed E-state index contributed by atoms with van der Waals surface area (Å²) in [6, 6.07) is 7.20. The number of hydrogen-bond donors (Lipinski definition) is 1. The number of aryl methyl sites for hydroxylation is 1. The Balaban J connectivity index is 1.86. The van der Waals surface area contributed by atoms with Crippen molar-refractivity contribution in [2.45, 2.75) is 57.9 Å². The fourth-order valence-corrected chi connectivity index (χ4v) is 3.82. The Morgan fingerprint density at radius 2 is 2.00 bits per heavy atom. The minimum Gasteiger partial charge on any atom is -0.312 e. The monoisotopic (exact) mass is 243 g/mol. The summed E-state index contributed by atoms with van der Waals surface area (Å²) < 4.78 is 0. The van der Waals surface area contributed by atoms with Crippen LogP contribution >= 0.6 is 0 Å². The average Bonchev–Trinajstić information content (AvgIpc) is 2.47. The Bertz CT molecular complexity index is 404. The van der Waals surface area contributed by atoms with Gasteiger partial charge in [0, 0.05) is 13.1 Å². The van der Waals surface area contributed by atoms with Crippen LogP contribution in [0.2, 0.25) is 0 Å². The van der Waals surface area contributed by atoms with E-state index in [2.05, 4.69) is 30.4 Å². The molecule has 3 rings (SSSR count). The van der Waals surface area contributed by atoms with E-state index in [4.69, 9.17) is 0 Å². The Hall–Kier alpha value is -0.820. The second kappa shape index (κ2) is 5.44. The van der Waals surface area contributed by atoms with E-state index in [1.165, 1.54) is 44.2 Å². The summed E-state index contributed by atoms with van der Waals surface area (Å²) in [4.78, 5) is 0. The third kappa shape index (κ3) is 2.33. The predicted molar refractivity (Wildman–Crippen MR) is 76.8 cm³/mol. The van der Waals surface area contributed by atoms with Crippen LogP contribution in [0.5, 0.6) is 0 Å². The molecule has 1 unspecified atom stereocenters. The first-order valence-electron chi connectivity index (χ1n) is 7.71. The lowest BCUT2D eigenvalue weighted by Gasteiger charge is -2.35. The number of hydrogen-bond acceptors (Lipinski definition) is 1. The first-order chi connectivity index (χ1) is 8.88. The summed E-state index contributed by atoms with van der Waals surface area (Å²) in [7, 11) is 0. The lowest BCUT2D eigenvalue weighted by molar-refractivity contribution is 0.288. The van der Waals surface area contributed by atoms with Crippen molar-refractivity contribution in [1.29, 1.82) is 0 Å². The molecule has 18 heavy (non-hydrogen) atoms. The summed E-state index contributed by atoms with van der Waals surface area (Å²) in [5.41, 5.74) is 4.70. The van der Waals surface area contributed by atoms with E-state index in [-0.39, 0.29) is 0 Å². The van der Waals surface area contributed by atoms with Crippen molar-refractivity contribution in [3.05, 3.63) is 34.9 Å². The maximum Gasteiger partial charge on any atom is 0.0208 e. The molecule has 0 spiro atoms. The molecule has 1 nitrogen and oxygen atoms in total. The van der Waals surface area contributed by atoms with Gasteiger partial charge >= 0.3 is 0 Å². The maximum absolute atomic E-state index is 3.64. The Morgan fingerprint density at radius 1 is 1.17 bits per heavy atom. The third-order valence-corrected chi connectivity index (χ3v) is 4.91. The second-order valence-corrected chi connectivity index (χ2v) is 6.02. The summed E-state index contributed by atoms with van der Waals surface area (Å²) in [5, 5.41) is 3.64. The van der Waals surface area contributed by atoms with Gasteiger partial charge in [-0.1, -0.05) is 44.4 Å². The third-order valence-electron chi connectivity index (χ3n) is 4.91. The lowest BCUT2D eigenvalue weighted by atomic mass is 9.74. The van der Waals surface area contributed by atoms with Crippen LogP contribution in [0.3, 0.4) is 0 Å². The average molecular weight is 243 g/mol. The number of benzene rings is 1. The maximum atomic E-state index is 3.64. The minimum absolute atomic E-state index is 0.778. The van der Waals surface area contributed by atoms with Gasteiger partial charge < -0.3 is 5.32 Å². The van der Waals surface area contributed by atoms with E-state index in [9.17, 15) is 0 Å². The van der Waals surface area contributed by atoms with E-state index in [1.54, 1.807) is 11.1 Å². The van der Waals surface area contributed by atoms with Gasteiger partial charge in [-0.25, -0.2) is 0 Å². The van der Waals surface area contributed by atoms with Crippen molar-refractivity contribution in [2.24, 2.45) is 5.92 Å². The van der Waals surface area contributed by atoms with Crippen molar-refractivity contribution < 1.29 is 0 Å². The summed E-state index contributed by atoms with van der Waals surface area (Å²) in [5.74, 6) is 1.71. The molecule has 0 saturated heterocycles. The van der Waals surface area contributed by atoms with Crippen LogP contribution in [0, 0.1) is 5.92 Å². The highest BCUT2D eigenvalue weighted by molar-refractivity contribution is 5.37. The van der Waals surface area contributed by atoms with Crippen LogP contribution in [0.4, 0.5) is 0 Å². The molecule has 1 aliphatic heterocycles. The smallest absolute Gasteiger partial charge is 0.0208 e. The van der Waals surface area contributed by atoms with Gasteiger partial charge in [0.15, 0.2) is 0 Å². The molecule has 1 saturated carbocycles. The van der Waals surface area contributed by atoms with E-state index in [0.717, 1.165) is 24.8 Å². The Morgan fingerprint density at radius 3 is 2.78 bits per heavy atom. The lowest BCUT2D eigenvalue weighted by Crippen LogP contribution is -2.33. The van der Waals surface area contributed by atoms with Crippen LogP contribution < -0.4 is 5.32 Å². The quantitative estimate of drug-likeness (QED) is 0.827. The van der Waals surface area contributed by atoms with Gasteiger partial charge in [-0.2, -0.15) is 0 Å². The van der Waals surface area contributed by atoms with Crippen LogP contribution in [0.25, 0.3) is 0 Å². The van der Waals surface area contributed by atoms with Crippen molar-refractivity contribution in [3.8, 4) is 0 Å². The molecule has 1 aromatic rings. The molecule has 2 aliphatic rings. The zero-order chi connectivity index (χ0) is 12.4. The van der Waals surface area contributed by atoms with Gasteiger partial charge in [-0.05, 0) is 47.8 Å². The van der Waals surface area contributed by atoms with E-state index >= 15 is 0 Å². The van der Waals surface area contributed by atoms with Gasteiger partial charge in [-0.3, -0.25) is 0 Å². The largest absolute Gasteiger partial charge is 0.312 e. The van der Waals surface area contributed by atoms with Gasteiger partial charge in [0.05, 0.1) is 0 Å². The predicted octanol–water partition coefficient (Wildman–Crippen LogP) is 4.02. The summed E-state index contributed by atoms with van der Waals surface area (Å²) in [6.07, 6.45) is 8.40. The van der Waals surface area contributed by atoms with Gasteiger partial charge in [0.25, 0.3) is 0 Å². The first kappa shape index (κ1) is 12.2.